The van der Waals surface area contributed by atoms with Crippen molar-refractivity contribution in [2.75, 3.05) is 20.8 Å². The predicted molar refractivity (Wildman–Crippen MR) is 69.8 cm³/mol. The molecule has 0 radical (unpaired) electrons. The summed E-state index contributed by atoms with van der Waals surface area (Å²) >= 11 is 0. The molecule has 5 heteroatoms. The van der Waals surface area contributed by atoms with Crippen LogP contribution >= 0.6 is 0 Å². The highest BCUT2D eigenvalue weighted by Crippen LogP contribution is 2.32. The third kappa shape index (κ3) is 2.46. The van der Waals surface area contributed by atoms with Crippen LogP contribution in [0, 0.1) is 0 Å². The summed E-state index contributed by atoms with van der Waals surface area (Å²) in [4.78, 5) is 4.36. The quantitative estimate of drug-likeness (QED) is 0.870. The summed E-state index contributed by atoms with van der Waals surface area (Å²) in [6, 6.07) is 5.67. The van der Waals surface area contributed by atoms with Gasteiger partial charge in [-0.2, -0.15) is 0 Å². The van der Waals surface area contributed by atoms with E-state index in [-0.39, 0.29) is 0 Å². The minimum atomic E-state index is 0.593. The highest BCUT2D eigenvalue weighted by molar-refractivity contribution is 5.68. The van der Waals surface area contributed by atoms with Crippen LogP contribution in [0.5, 0.6) is 11.5 Å². The van der Waals surface area contributed by atoms with Gasteiger partial charge in [-0.05, 0) is 12.1 Å². The lowest BCUT2D eigenvalue weighted by molar-refractivity contribution is 0.395. The summed E-state index contributed by atoms with van der Waals surface area (Å²) in [5.41, 5.74) is 7.32. The molecule has 2 rings (SSSR count). The van der Waals surface area contributed by atoms with E-state index >= 15 is 0 Å². The topological polar surface area (TPSA) is 62.3 Å². The standard InChI is InChI=1S/C13H17N3O2/c1-17-10-3-4-11(13(7-10)18-2)12-8-16(6-5-14)9-15-12/h3-4,7-9H,5-6,14H2,1-2H3. The number of nitrogens with zero attached hydrogens (tertiary/aromatic N) is 2. The minimum Gasteiger partial charge on any atom is -0.497 e. The minimum absolute atomic E-state index is 0.593. The van der Waals surface area contributed by atoms with Crippen molar-refractivity contribution in [1.82, 2.24) is 9.55 Å². The maximum atomic E-state index is 5.51. The van der Waals surface area contributed by atoms with Crippen molar-refractivity contribution >= 4 is 0 Å². The summed E-state index contributed by atoms with van der Waals surface area (Å²) in [5.74, 6) is 1.50. The molecule has 0 unspecified atom stereocenters. The number of methoxy groups -OCH3 is 2. The van der Waals surface area contributed by atoms with Gasteiger partial charge in [-0.3, -0.25) is 0 Å². The van der Waals surface area contributed by atoms with E-state index in [4.69, 9.17) is 15.2 Å². The number of rotatable bonds is 5. The molecule has 0 fully saturated rings. The highest BCUT2D eigenvalue weighted by Gasteiger charge is 2.09. The Bertz CT molecular complexity index is 523. The van der Waals surface area contributed by atoms with Gasteiger partial charge in [-0.1, -0.05) is 0 Å². The van der Waals surface area contributed by atoms with E-state index in [0.717, 1.165) is 29.3 Å². The molecule has 0 aliphatic rings. The summed E-state index contributed by atoms with van der Waals surface area (Å²) in [7, 11) is 3.26. The molecule has 0 saturated heterocycles. The summed E-state index contributed by atoms with van der Waals surface area (Å²) < 4.78 is 12.5. The van der Waals surface area contributed by atoms with Crippen molar-refractivity contribution < 1.29 is 9.47 Å². The predicted octanol–water partition coefficient (Wildman–Crippen LogP) is 1.53. The second-order valence-electron chi connectivity index (χ2n) is 3.85. The van der Waals surface area contributed by atoms with Crippen LogP contribution in [0.3, 0.4) is 0 Å². The Morgan fingerprint density at radius 1 is 1.28 bits per heavy atom. The van der Waals surface area contributed by atoms with Crippen molar-refractivity contribution in [3.63, 3.8) is 0 Å². The fourth-order valence-corrected chi connectivity index (χ4v) is 1.78. The first-order chi connectivity index (χ1) is 8.78. The maximum absolute atomic E-state index is 5.51. The van der Waals surface area contributed by atoms with Crippen LogP contribution in [0.15, 0.2) is 30.7 Å². The van der Waals surface area contributed by atoms with Gasteiger partial charge in [-0.25, -0.2) is 4.98 Å². The molecule has 0 aliphatic heterocycles. The largest absolute Gasteiger partial charge is 0.497 e. The first kappa shape index (κ1) is 12.4. The van der Waals surface area contributed by atoms with Crippen LogP contribution < -0.4 is 15.2 Å². The first-order valence-electron chi connectivity index (χ1n) is 5.72. The van der Waals surface area contributed by atoms with Gasteiger partial charge in [0.25, 0.3) is 0 Å². The SMILES string of the molecule is COc1ccc(-c2cn(CCN)cn2)c(OC)c1. The smallest absolute Gasteiger partial charge is 0.132 e. The van der Waals surface area contributed by atoms with Gasteiger partial charge in [0.05, 0.1) is 26.2 Å². The summed E-state index contributed by atoms with van der Waals surface area (Å²) in [5, 5.41) is 0. The molecular weight excluding hydrogens is 230 g/mol. The van der Waals surface area contributed by atoms with Crippen LogP contribution in [0.1, 0.15) is 0 Å². The molecule has 5 nitrogen and oxygen atoms in total. The molecule has 2 N–H and O–H groups in total. The maximum Gasteiger partial charge on any atom is 0.132 e. The van der Waals surface area contributed by atoms with Crippen LogP contribution in [-0.2, 0) is 6.54 Å². The van der Waals surface area contributed by atoms with Crippen LogP contribution in [0.4, 0.5) is 0 Å². The fourth-order valence-electron chi connectivity index (χ4n) is 1.78. The zero-order valence-corrected chi connectivity index (χ0v) is 10.6. The lowest BCUT2D eigenvalue weighted by Crippen LogP contribution is -2.07. The number of hydrogen-bond acceptors (Lipinski definition) is 4. The molecule has 0 atom stereocenters. The molecule has 0 aliphatic carbocycles. The normalized spacial score (nSPS) is 10.4. The summed E-state index contributed by atoms with van der Waals surface area (Å²) in [6.45, 7) is 1.35. The summed E-state index contributed by atoms with van der Waals surface area (Å²) in [6.07, 6.45) is 3.73. The lowest BCUT2D eigenvalue weighted by atomic mass is 10.1. The number of ether oxygens (including phenoxy) is 2. The number of hydrogen-bond donors (Lipinski definition) is 1. The number of benzene rings is 1. The fraction of sp³-hybridized carbons (Fsp3) is 0.308. The molecule has 0 saturated carbocycles. The molecule has 1 aromatic heterocycles. The Kier molecular flexibility index (Phi) is 3.84. The molecule has 0 amide bonds. The molecule has 0 bridgehead atoms. The average Bonchev–Trinajstić information content (AvgIpc) is 2.87. The number of nitrogens with two attached hydrogens (primary N) is 1. The Hall–Kier alpha value is -2.01. The molecule has 0 spiro atoms. The Labute approximate surface area is 106 Å². The molecule has 18 heavy (non-hydrogen) atoms. The van der Waals surface area contributed by atoms with E-state index in [9.17, 15) is 0 Å². The van der Waals surface area contributed by atoms with Crippen LogP contribution in [-0.4, -0.2) is 30.3 Å². The lowest BCUT2D eigenvalue weighted by Gasteiger charge is -2.08. The monoisotopic (exact) mass is 247 g/mol. The van der Waals surface area contributed by atoms with Gasteiger partial charge in [0.1, 0.15) is 11.5 Å². The Morgan fingerprint density at radius 2 is 2.11 bits per heavy atom. The van der Waals surface area contributed by atoms with Crippen LogP contribution in [0.2, 0.25) is 0 Å². The zero-order chi connectivity index (χ0) is 13.0. The van der Waals surface area contributed by atoms with Gasteiger partial charge >= 0.3 is 0 Å². The second-order valence-corrected chi connectivity index (χ2v) is 3.85. The number of imidazole rings is 1. The van der Waals surface area contributed by atoms with Crippen molar-refractivity contribution in [3.05, 3.63) is 30.7 Å². The van der Waals surface area contributed by atoms with E-state index in [2.05, 4.69) is 4.98 Å². The van der Waals surface area contributed by atoms with E-state index < -0.39 is 0 Å². The molecule has 96 valence electrons. The zero-order valence-electron chi connectivity index (χ0n) is 10.6. The number of aromatic nitrogens is 2. The third-order valence-corrected chi connectivity index (χ3v) is 2.71. The van der Waals surface area contributed by atoms with E-state index in [1.165, 1.54) is 0 Å². The third-order valence-electron chi connectivity index (χ3n) is 2.71. The highest BCUT2D eigenvalue weighted by atomic mass is 16.5. The average molecular weight is 247 g/mol. The van der Waals surface area contributed by atoms with Gasteiger partial charge in [0, 0.05) is 30.9 Å². The van der Waals surface area contributed by atoms with Gasteiger partial charge in [-0.15, -0.1) is 0 Å². The van der Waals surface area contributed by atoms with Crippen LogP contribution in [0.25, 0.3) is 11.3 Å². The van der Waals surface area contributed by atoms with Gasteiger partial charge in [0.2, 0.25) is 0 Å². The van der Waals surface area contributed by atoms with Crippen molar-refractivity contribution in [3.8, 4) is 22.8 Å². The Balaban J connectivity index is 2.36. The van der Waals surface area contributed by atoms with Crippen molar-refractivity contribution in [2.24, 2.45) is 5.73 Å². The van der Waals surface area contributed by atoms with Gasteiger partial charge in [0.15, 0.2) is 0 Å². The molecule has 2 aromatic rings. The second kappa shape index (κ2) is 5.55. The molecular formula is C13H17N3O2. The molecule has 1 heterocycles. The Morgan fingerprint density at radius 3 is 2.78 bits per heavy atom. The van der Waals surface area contributed by atoms with E-state index in [1.807, 2.05) is 29.0 Å². The van der Waals surface area contributed by atoms with Crippen molar-refractivity contribution in [2.45, 2.75) is 6.54 Å². The van der Waals surface area contributed by atoms with Gasteiger partial charge < -0.3 is 19.8 Å². The molecule has 1 aromatic carbocycles. The van der Waals surface area contributed by atoms with Crippen molar-refractivity contribution in [1.29, 1.82) is 0 Å². The van der Waals surface area contributed by atoms with E-state index in [1.54, 1.807) is 20.5 Å². The van der Waals surface area contributed by atoms with E-state index in [0.29, 0.717) is 6.54 Å². The first-order valence-corrected chi connectivity index (χ1v) is 5.72.